The fraction of sp³-hybridized carbons (Fsp3) is 0.333. The lowest BCUT2D eigenvalue weighted by molar-refractivity contribution is 0.503. The number of benzene rings is 1. The van der Waals surface area contributed by atoms with Crippen LogP contribution in [0.5, 0.6) is 0 Å². The van der Waals surface area contributed by atoms with E-state index in [1.165, 1.54) is 29.5 Å². The van der Waals surface area contributed by atoms with E-state index in [0.29, 0.717) is 0 Å². The van der Waals surface area contributed by atoms with E-state index in [4.69, 9.17) is 11.6 Å². The molecule has 0 aliphatic rings. The van der Waals surface area contributed by atoms with E-state index >= 15 is 0 Å². The average molecular weight is 316 g/mol. The van der Waals surface area contributed by atoms with Crippen LogP contribution >= 0.6 is 22.9 Å². The fourth-order valence-electron chi connectivity index (χ4n) is 2.11. The standard InChI is InChI=1S/C15H16ClF2NS/c1-3-19-13(14-7-9(2)15(16)20-14)8-10-11(17)5-4-6-12(10)18/h4-7,13,19H,3,8H2,1-2H3. The maximum absolute atomic E-state index is 13.8. The molecule has 1 aromatic carbocycles. The van der Waals surface area contributed by atoms with E-state index in [1.54, 1.807) is 0 Å². The Morgan fingerprint density at radius 2 is 1.95 bits per heavy atom. The SMILES string of the molecule is CCNC(Cc1c(F)cccc1F)c1cc(C)c(Cl)s1. The van der Waals surface area contributed by atoms with Gasteiger partial charge in [-0.1, -0.05) is 24.6 Å². The predicted molar refractivity (Wildman–Crippen MR) is 80.5 cm³/mol. The van der Waals surface area contributed by atoms with Crippen molar-refractivity contribution < 1.29 is 8.78 Å². The molecule has 0 amide bonds. The van der Waals surface area contributed by atoms with Gasteiger partial charge in [0.05, 0.1) is 4.34 Å². The third-order valence-electron chi connectivity index (χ3n) is 3.14. The van der Waals surface area contributed by atoms with Crippen molar-refractivity contribution in [3.63, 3.8) is 0 Å². The van der Waals surface area contributed by atoms with Crippen molar-refractivity contribution in [3.05, 3.63) is 56.2 Å². The number of rotatable bonds is 5. The van der Waals surface area contributed by atoms with Crippen LogP contribution in [0.25, 0.3) is 0 Å². The summed E-state index contributed by atoms with van der Waals surface area (Å²) in [6, 6.07) is 5.78. The molecule has 1 unspecified atom stereocenters. The van der Waals surface area contributed by atoms with E-state index in [9.17, 15) is 8.78 Å². The molecular weight excluding hydrogens is 300 g/mol. The van der Waals surface area contributed by atoms with Crippen LogP contribution in [0, 0.1) is 18.6 Å². The second-order valence-electron chi connectivity index (χ2n) is 4.62. The van der Waals surface area contributed by atoms with Gasteiger partial charge in [0.2, 0.25) is 0 Å². The molecule has 2 aromatic rings. The number of likely N-dealkylation sites (N-methyl/N-ethyl adjacent to an activating group) is 1. The Balaban J connectivity index is 2.30. The fourth-order valence-corrected chi connectivity index (χ4v) is 3.40. The molecule has 0 bridgehead atoms. The van der Waals surface area contributed by atoms with Crippen molar-refractivity contribution >= 4 is 22.9 Å². The largest absolute Gasteiger partial charge is 0.309 e. The quantitative estimate of drug-likeness (QED) is 0.829. The van der Waals surface area contributed by atoms with E-state index in [-0.39, 0.29) is 18.0 Å². The summed E-state index contributed by atoms with van der Waals surface area (Å²) in [5.74, 6) is -1.01. The van der Waals surface area contributed by atoms with Gasteiger partial charge in [-0.3, -0.25) is 0 Å². The first-order valence-corrected chi connectivity index (χ1v) is 7.64. The molecule has 0 aliphatic heterocycles. The second-order valence-corrected chi connectivity index (χ2v) is 6.31. The Morgan fingerprint density at radius 1 is 1.30 bits per heavy atom. The van der Waals surface area contributed by atoms with Crippen LogP contribution in [0.4, 0.5) is 8.78 Å². The van der Waals surface area contributed by atoms with Crippen LogP contribution in [0.15, 0.2) is 24.3 Å². The minimum absolute atomic E-state index is 0.112. The average Bonchev–Trinajstić information content (AvgIpc) is 2.73. The molecule has 2 rings (SSSR count). The van der Waals surface area contributed by atoms with Crippen LogP contribution in [-0.4, -0.2) is 6.54 Å². The van der Waals surface area contributed by atoms with E-state index < -0.39 is 11.6 Å². The van der Waals surface area contributed by atoms with Crippen LogP contribution < -0.4 is 5.32 Å². The highest BCUT2D eigenvalue weighted by atomic mass is 35.5. The Morgan fingerprint density at radius 3 is 2.45 bits per heavy atom. The van der Waals surface area contributed by atoms with Gasteiger partial charge in [-0.25, -0.2) is 8.78 Å². The molecule has 108 valence electrons. The smallest absolute Gasteiger partial charge is 0.129 e. The molecule has 1 atom stereocenters. The Labute approximate surface area is 126 Å². The number of thiophene rings is 1. The molecule has 0 saturated heterocycles. The summed E-state index contributed by atoms with van der Waals surface area (Å²) >= 11 is 7.53. The number of halogens is 3. The number of hydrogen-bond donors (Lipinski definition) is 1. The number of aryl methyl sites for hydroxylation is 1. The zero-order valence-corrected chi connectivity index (χ0v) is 12.9. The van der Waals surface area contributed by atoms with Crippen LogP contribution in [-0.2, 0) is 6.42 Å². The molecule has 1 heterocycles. The van der Waals surface area contributed by atoms with Crippen molar-refractivity contribution in [3.8, 4) is 0 Å². The van der Waals surface area contributed by atoms with Gasteiger partial charge in [0.25, 0.3) is 0 Å². The third-order valence-corrected chi connectivity index (χ3v) is 4.81. The van der Waals surface area contributed by atoms with Crippen LogP contribution in [0.3, 0.4) is 0 Å². The lowest BCUT2D eigenvalue weighted by atomic mass is 10.0. The maximum atomic E-state index is 13.8. The normalized spacial score (nSPS) is 12.7. The van der Waals surface area contributed by atoms with Crippen molar-refractivity contribution in [1.82, 2.24) is 5.32 Å². The van der Waals surface area contributed by atoms with Crippen molar-refractivity contribution in [2.45, 2.75) is 26.3 Å². The highest BCUT2D eigenvalue weighted by Crippen LogP contribution is 2.33. The highest BCUT2D eigenvalue weighted by molar-refractivity contribution is 7.16. The number of nitrogens with one attached hydrogen (secondary N) is 1. The van der Waals surface area contributed by atoms with Gasteiger partial charge >= 0.3 is 0 Å². The molecule has 0 fully saturated rings. The summed E-state index contributed by atoms with van der Waals surface area (Å²) in [5.41, 5.74) is 1.10. The monoisotopic (exact) mass is 315 g/mol. The molecule has 5 heteroatoms. The summed E-state index contributed by atoms with van der Waals surface area (Å²) in [5, 5.41) is 3.26. The van der Waals surface area contributed by atoms with E-state index in [1.807, 2.05) is 19.9 Å². The van der Waals surface area contributed by atoms with Crippen molar-refractivity contribution in [2.24, 2.45) is 0 Å². The highest BCUT2D eigenvalue weighted by Gasteiger charge is 2.19. The second kappa shape index (κ2) is 6.66. The van der Waals surface area contributed by atoms with Gasteiger partial charge < -0.3 is 5.32 Å². The third kappa shape index (κ3) is 3.37. The molecular formula is C15H16ClF2NS. The minimum atomic E-state index is -0.507. The van der Waals surface area contributed by atoms with Gasteiger partial charge in [-0.15, -0.1) is 11.3 Å². The van der Waals surface area contributed by atoms with Crippen molar-refractivity contribution in [1.29, 1.82) is 0 Å². The van der Waals surface area contributed by atoms with Crippen LogP contribution in [0.2, 0.25) is 4.34 Å². The first-order valence-electron chi connectivity index (χ1n) is 6.45. The molecule has 0 aliphatic carbocycles. The summed E-state index contributed by atoms with van der Waals surface area (Å²) in [6.45, 7) is 4.61. The Hall–Kier alpha value is -0.970. The van der Waals surface area contributed by atoms with Gasteiger partial charge in [-0.2, -0.15) is 0 Å². The first-order chi connectivity index (χ1) is 9.52. The maximum Gasteiger partial charge on any atom is 0.129 e. The molecule has 1 aromatic heterocycles. The summed E-state index contributed by atoms with van der Waals surface area (Å²) in [4.78, 5) is 0.997. The summed E-state index contributed by atoms with van der Waals surface area (Å²) in [7, 11) is 0. The number of hydrogen-bond acceptors (Lipinski definition) is 2. The molecule has 0 saturated carbocycles. The zero-order chi connectivity index (χ0) is 14.7. The Kier molecular flexibility index (Phi) is 5.13. The minimum Gasteiger partial charge on any atom is -0.309 e. The molecule has 20 heavy (non-hydrogen) atoms. The first kappa shape index (κ1) is 15.4. The van der Waals surface area contributed by atoms with E-state index in [2.05, 4.69) is 5.32 Å². The molecule has 1 N–H and O–H groups in total. The summed E-state index contributed by atoms with van der Waals surface area (Å²) < 4.78 is 28.2. The molecule has 0 radical (unpaired) electrons. The topological polar surface area (TPSA) is 12.0 Å². The molecule has 1 nitrogen and oxygen atoms in total. The van der Waals surface area contributed by atoms with Gasteiger partial charge in [0.15, 0.2) is 0 Å². The lowest BCUT2D eigenvalue weighted by Gasteiger charge is -2.17. The van der Waals surface area contributed by atoms with Crippen molar-refractivity contribution in [2.75, 3.05) is 6.54 Å². The zero-order valence-electron chi connectivity index (χ0n) is 11.3. The van der Waals surface area contributed by atoms with E-state index in [0.717, 1.165) is 21.3 Å². The lowest BCUT2D eigenvalue weighted by Crippen LogP contribution is -2.23. The van der Waals surface area contributed by atoms with Gasteiger partial charge in [-0.05, 0) is 43.7 Å². The van der Waals surface area contributed by atoms with Gasteiger partial charge in [0, 0.05) is 16.5 Å². The van der Waals surface area contributed by atoms with Crippen LogP contribution in [0.1, 0.15) is 29.0 Å². The molecule has 0 spiro atoms. The Bertz CT molecular complexity index is 558. The van der Waals surface area contributed by atoms with Gasteiger partial charge in [0.1, 0.15) is 11.6 Å². The predicted octanol–water partition coefficient (Wildman–Crippen LogP) is 4.88. The summed E-state index contributed by atoms with van der Waals surface area (Å²) in [6.07, 6.45) is 0.266.